The number of halogens is 8. The quantitative estimate of drug-likeness (QED) is 0.401. The fourth-order valence-corrected chi connectivity index (χ4v) is 2.51. The lowest BCUT2D eigenvalue weighted by molar-refractivity contribution is 0.578. The lowest BCUT2D eigenvalue weighted by Gasteiger charge is -2.37. The molecule has 92 valence electrons. The molecule has 0 radical (unpaired) electrons. The molecule has 0 aliphatic rings. The first-order valence-corrected chi connectivity index (χ1v) is 7.12. The SMILES string of the molecule is ClCCCCC(Cl)(Cl)C(Cl)(Cl)C(Cl)(Cl)Cl. The summed E-state index contributed by atoms with van der Waals surface area (Å²) in [6.45, 7) is 0. The van der Waals surface area contributed by atoms with Crippen LogP contribution in [0.3, 0.4) is 0 Å². The van der Waals surface area contributed by atoms with E-state index in [4.69, 9.17) is 92.8 Å². The molecule has 0 amide bonds. The third-order valence-electron chi connectivity index (χ3n) is 1.69. The summed E-state index contributed by atoms with van der Waals surface area (Å²) in [5, 5.41) is 0. The predicted molar refractivity (Wildman–Crippen MR) is 73.7 cm³/mol. The van der Waals surface area contributed by atoms with Crippen molar-refractivity contribution in [3.05, 3.63) is 0 Å². The Morgan fingerprint density at radius 3 is 1.53 bits per heavy atom. The van der Waals surface area contributed by atoms with Gasteiger partial charge in [-0.1, -0.05) is 81.2 Å². The van der Waals surface area contributed by atoms with Gasteiger partial charge in [0.1, 0.15) is 0 Å². The van der Waals surface area contributed by atoms with Crippen LogP contribution in [0.5, 0.6) is 0 Å². The van der Waals surface area contributed by atoms with E-state index in [1.807, 2.05) is 0 Å². The first-order chi connectivity index (χ1) is 6.56. The smallest absolute Gasteiger partial charge is 0.127 e. The molecule has 0 N–H and O–H groups in total. The Morgan fingerprint density at radius 1 is 0.733 bits per heavy atom. The number of rotatable bonds is 5. The minimum atomic E-state index is -1.97. The molecular weight excluding hydrogens is 368 g/mol. The summed E-state index contributed by atoms with van der Waals surface area (Å²) in [4.78, 5) is 0. The molecule has 0 spiro atoms. The van der Waals surface area contributed by atoms with Crippen molar-refractivity contribution in [3.63, 3.8) is 0 Å². The van der Waals surface area contributed by atoms with Gasteiger partial charge in [0.2, 0.25) is 3.79 Å². The second-order valence-corrected chi connectivity index (χ2v) is 8.39. The fourth-order valence-electron chi connectivity index (χ4n) is 0.806. The van der Waals surface area contributed by atoms with Crippen molar-refractivity contribution in [2.75, 3.05) is 5.88 Å². The van der Waals surface area contributed by atoms with E-state index >= 15 is 0 Å². The zero-order chi connectivity index (χ0) is 12.3. The van der Waals surface area contributed by atoms with E-state index in [1.54, 1.807) is 0 Å². The van der Waals surface area contributed by atoms with Crippen LogP contribution in [0.1, 0.15) is 19.3 Å². The number of hydrogen-bond donors (Lipinski definition) is 0. The fraction of sp³-hybridized carbons (Fsp3) is 1.00. The molecule has 0 saturated carbocycles. The minimum absolute atomic E-state index is 0.281. The molecule has 8 heteroatoms. The summed E-state index contributed by atoms with van der Waals surface area (Å²) >= 11 is 45.9. The number of hydrogen-bond acceptors (Lipinski definition) is 0. The summed E-state index contributed by atoms with van der Waals surface area (Å²) in [6, 6.07) is 0. The summed E-state index contributed by atoms with van der Waals surface area (Å²) in [5.41, 5.74) is 0. The van der Waals surface area contributed by atoms with Crippen molar-refractivity contribution in [1.29, 1.82) is 0 Å². The maximum atomic E-state index is 5.95. The third-order valence-corrected chi connectivity index (χ3v) is 5.93. The molecule has 0 rings (SSSR count). The Hall–Kier alpha value is 2.32. The van der Waals surface area contributed by atoms with Crippen LogP contribution in [0.15, 0.2) is 0 Å². The molecule has 0 heterocycles. The highest BCUT2D eigenvalue weighted by Crippen LogP contribution is 2.57. The Bertz CT molecular complexity index is 194. The normalized spacial score (nSPS) is 14.4. The zero-order valence-electron chi connectivity index (χ0n) is 7.35. The number of alkyl halides is 8. The Morgan fingerprint density at radius 2 is 1.20 bits per heavy atom. The molecule has 15 heavy (non-hydrogen) atoms. The van der Waals surface area contributed by atoms with Crippen molar-refractivity contribution >= 4 is 92.8 Å². The average Bonchev–Trinajstić information content (AvgIpc) is 2.02. The molecule has 0 saturated heterocycles. The maximum Gasteiger partial charge on any atom is 0.226 e. The van der Waals surface area contributed by atoms with Gasteiger partial charge >= 0.3 is 0 Å². The predicted octanol–water partition coefficient (Wildman–Crippen LogP) is 6.11. The van der Waals surface area contributed by atoms with Gasteiger partial charge in [0.05, 0.1) is 0 Å². The molecule has 0 aliphatic heterocycles. The van der Waals surface area contributed by atoms with E-state index in [2.05, 4.69) is 0 Å². The molecular formula is C7H8Cl8. The molecule has 0 aromatic heterocycles. The molecule has 0 fully saturated rings. The largest absolute Gasteiger partial charge is 0.226 e. The van der Waals surface area contributed by atoms with Crippen LogP contribution in [0, 0.1) is 0 Å². The summed E-state index contributed by atoms with van der Waals surface area (Å²) in [7, 11) is 0. The first-order valence-electron chi connectivity index (χ1n) is 3.94. The van der Waals surface area contributed by atoms with Crippen LogP contribution < -0.4 is 0 Å². The van der Waals surface area contributed by atoms with E-state index in [9.17, 15) is 0 Å². The van der Waals surface area contributed by atoms with E-state index in [1.165, 1.54) is 0 Å². The highest BCUT2D eigenvalue weighted by molar-refractivity contribution is 6.78. The van der Waals surface area contributed by atoms with Crippen LogP contribution in [0.4, 0.5) is 0 Å². The van der Waals surface area contributed by atoms with Gasteiger partial charge in [-0.05, 0) is 19.3 Å². The van der Waals surface area contributed by atoms with Crippen molar-refractivity contribution in [1.82, 2.24) is 0 Å². The lowest BCUT2D eigenvalue weighted by atomic mass is 10.1. The second-order valence-electron chi connectivity index (χ2n) is 2.92. The highest BCUT2D eigenvalue weighted by atomic mass is 35.6. The summed E-state index contributed by atoms with van der Waals surface area (Å²) in [6.07, 6.45) is 1.65. The van der Waals surface area contributed by atoms with Crippen LogP contribution in [0.25, 0.3) is 0 Å². The second kappa shape index (κ2) is 6.48. The lowest BCUT2D eigenvalue weighted by Crippen LogP contribution is -2.46. The Labute approximate surface area is 129 Å². The molecule has 0 aromatic carbocycles. The molecule has 0 nitrogen and oxygen atoms in total. The Balaban J connectivity index is 4.56. The first kappa shape index (κ1) is 17.3. The van der Waals surface area contributed by atoms with E-state index < -0.39 is 12.5 Å². The van der Waals surface area contributed by atoms with Crippen LogP contribution in [-0.4, -0.2) is 18.3 Å². The van der Waals surface area contributed by atoms with Crippen LogP contribution in [0.2, 0.25) is 0 Å². The zero-order valence-corrected chi connectivity index (χ0v) is 13.4. The van der Waals surface area contributed by atoms with Crippen molar-refractivity contribution < 1.29 is 0 Å². The molecule has 0 aromatic rings. The van der Waals surface area contributed by atoms with Gasteiger partial charge in [-0.25, -0.2) is 0 Å². The van der Waals surface area contributed by atoms with Gasteiger partial charge in [0.25, 0.3) is 0 Å². The van der Waals surface area contributed by atoms with Crippen molar-refractivity contribution in [2.24, 2.45) is 0 Å². The van der Waals surface area contributed by atoms with Gasteiger partial charge in [-0.3, -0.25) is 0 Å². The van der Waals surface area contributed by atoms with Gasteiger partial charge < -0.3 is 0 Å². The van der Waals surface area contributed by atoms with E-state index in [-0.39, 0.29) is 6.42 Å². The van der Waals surface area contributed by atoms with E-state index in [0.717, 1.165) is 6.42 Å². The third kappa shape index (κ3) is 4.83. The standard InChI is InChI=1S/C7H8Cl8/c8-4-2-1-3-5(9,10)6(11,12)7(13,14)15/h1-4H2. The monoisotopic (exact) mass is 372 g/mol. The van der Waals surface area contributed by atoms with Crippen LogP contribution >= 0.6 is 92.8 Å². The van der Waals surface area contributed by atoms with Crippen molar-refractivity contribution in [3.8, 4) is 0 Å². The molecule has 0 aliphatic carbocycles. The van der Waals surface area contributed by atoms with Gasteiger partial charge in [0.15, 0.2) is 8.67 Å². The van der Waals surface area contributed by atoms with Gasteiger partial charge in [0, 0.05) is 5.88 Å². The minimum Gasteiger partial charge on any atom is -0.127 e. The maximum absolute atomic E-state index is 5.95. The molecule has 0 atom stereocenters. The summed E-state index contributed by atoms with van der Waals surface area (Å²) < 4.78 is -5.41. The summed E-state index contributed by atoms with van der Waals surface area (Å²) in [5.74, 6) is 0.495. The number of unbranched alkanes of at least 4 members (excludes halogenated alkanes) is 1. The molecule has 0 bridgehead atoms. The van der Waals surface area contributed by atoms with Gasteiger partial charge in [-0.15, -0.1) is 11.6 Å². The highest BCUT2D eigenvalue weighted by Gasteiger charge is 2.59. The van der Waals surface area contributed by atoms with E-state index in [0.29, 0.717) is 12.3 Å². The average molecular weight is 376 g/mol. The van der Waals surface area contributed by atoms with Crippen LogP contribution in [-0.2, 0) is 0 Å². The topological polar surface area (TPSA) is 0 Å². The Kier molecular flexibility index (Phi) is 7.48. The van der Waals surface area contributed by atoms with Crippen molar-refractivity contribution in [2.45, 2.75) is 31.7 Å². The van der Waals surface area contributed by atoms with Gasteiger partial charge in [-0.2, -0.15) is 0 Å². The molecule has 0 unspecified atom stereocenters.